The van der Waals surface area contributed by atoms with Crippen molar-refractivity contribution in [3.05, 3.63) is 45.8 Å². The zero-order valence-corrected chi connectivity index (χ0v) is 13.7. The third-order valence-corrected chi connectivity index (χ3v) is 5.18. The molecule has 1 aliphatic rings. The minimum Gasteiger partial charge on any atom is -0.262 e. The highest BCUT2D eigenvalue weighted by Gasteiger charge is 2.15. The van der Waals surface area contributed by atoms with E-state index in [1.807, 2.05) is 6.07 Å². The summed E-state index contributed by atoms with van der Waals surface area (Å²) in [6.45, 7) is 0. The van der Waals surface area contributed by atoms with Gasteiger partial charge in [0.1, 0.15) is 5.82 Å². The van der Waals surface area contributed by atoms with Gasteiger partial charge in [0.05, 0.1) is 4.92 Å². The molecule has 1 aliphatic carbocycles. The van der Waals surface area contributed by atoms with E-state index in [0.717, 1.165) is 23.7 Å². The molecule has 23 heavy (non-hydrogen) atoms. The van der Waals surface area contributed by atoms with E-state index in [4.69, 9.17) is 0 Å². The number of nitro benzene ring substituents is 1. The number of nitrogens with zero attached hydrogens (tertiary/aromatic N) is 3. The molecule has 1 fully saturated rings. The fourth-order valence-corrected chi connectivity index (χ4v) is 3.76. The molecule has 0 unspecified atom stereocenters. The number of benzene rings is 1. The Hall–Kier alpha value is -1.89. The Kier molecular flexibility index (Phi) is 5.27. The van der Waals surface area contributed by atoms with Gasteiger partial charge in [0.25, 0.3) is 5.69 Å². The molecule has 3 rings (SSSR count). The molecule has 0 radical (unpaired) electrons. The number of rotatable bonds is 7. The number of thioether (sulfide) groups is 1. The van der Waals surface area contributed by atoms with Gasteiger partial charge in [0, 0.05) is 24.3 Å². The Labute approximate surface area is 139 Å². The molecule has 7 heteroatoms. The van der Waals surface area contributed by atoms with Gasteiger partial charge in [0.15, 0.2) is 0 Å². The molecule has 6 nitrogen and oxygen atoms in total. The Morgan fingerprint density at radius 3 is 2.96 bits per heavy atom. The van der Waals surface area contributed by atoms with E-state index < -0.39 is 0 Å². The Morgan fingerprint density at radius 2 is 2.17 bits per heavy atom. The highest BCUT2D eigenvalue weighted by molar-refractivity contribution is 7.98. The summed E-state index contributed by atoms with van der Waals surface area (Å²) in [5.74, 6) is 2.42. The number of aromatic amines is 1. The van der Waals surface area contributed by atoms with Crippen LogP contribution in [-0.4, -0.2) is 20.1 Å². The first kappa shape index (κ1) is 16.0. The fraction of sp³-hybridized carbons (Fsp3) is 0.500. The van der Waals surface area contributed by atoms with Gasteiger partial charge in [-0.15, -0.1) is 5.10 Å². The molecule has 0 atom stereocenters. The molecule has 1 aromatic carbocycles. The zero-order valence-electron chi connectivity index (χ0n) is 12.9. The number of aryl methyl sites for hydroxylation is 1. The van der Waals surface area contributed by atoms with Gasteiger partial charge in [0.2, 0.25) is 5.16 Å². The monoisotopic (exact) mass is 332 g/mol. The smallest absolute Gasteiger partial charge is 0.262 e. The van der Waals surface area contributed by atoms with Crippen molar-refractivity contribution in [3.8, 4) is 0 Å². The van der Waals surface area contributed by atoms with E-state index in [-0.39, 0.29) is 10.6 Å². The summed E-state index contributed by atoms with van der Waals surface area (Å²) in [6, 6.07) is 6.69. The van der Waals surface area contributed by atoms with E-state index in [2.05, 4.69) is 15.2 Å². The molecule has 1 aromatic heterocycles. The zero-order chi connectivity index (χ0) is 16.1. The van der Waals surface area contributed by atoms with E-state index in [1.54, 1.807) is 12.1 Å². The summed E-state index contributed by atoms with van der Waals surface area (Å²) in [7, 11) is 0. The molecule has 0 amide bonds. The minimum absolute atomic E-state index is 0.121. The highest BCUT2D eigenvalue weighted by Crippen LogP contribution is 2.28. The first-order valence-corrected chi connectivity index (χ1v) is 8.96. The number of H-pyrrole nitrogens is 1. The summed E-state index contributed by atoms with van der Waals surface area (Å²) in [6.07, 6.45) is 7.57. The van der Waals surface area contributed by atoms with Crippen LogP contribution in [0.25, 0.3) is 0 Å². The number of hydrogen-bond acceptors (Lipinski definition) is 5. The molecular formula is C16H20N4O2S. The lowest BCUT2D eigenvalue weighted by atomic mass is 10.0. The van der Waals surface area contributed by atoms with Crippen molar-refractivity contribution >= 4 is 17.4 Å². The fourth-order valence-electron chi connectivity index (χ4n) is 3.00. The predicted molar refractivity (Wildman–Crippen MR) is 89.3 cm³/mol. The maximum absolute atomic E-state index is 10.8. The number of nitrogens with one attached hydrogen (secondary N) is 1. The first-order valence-electron chi connectivity index (χ1n) is 7.98. The van der Waals surface area contributed by atoms with Crippen LogP contribution in [-0.2, 0) is 12.2 Å². The number of hydrogen-bond donors (Lipinski definition) is 1. The van der Waals surface area contributed by atoms with Crippen LogP contribution >= 0.6 is 11.8 Å². The maximum Gasteiger partial charge on any atom is 0.269 e. The Bertz CT molecular complexity index is 668. The third kappa shape index (κ3) is 4.54. The second kappa shape index (κ2) is 7.59. The van der Waals surface area contributed by atoms with E-state index in [0.29, 0.717) is 10.9 Å². The van der Waals surface area contributed by atoms with Crippen LogP contribution in [0.5, 0.6) is 0 Å². The van der Waals surface area contributed by atoms with Crippen LogP contribution in [0.3, 0.4) is 0 Å². The topological polar surface area (TPSA) is 84.7 Å². The van der Waals surface area contributed by atoms with Crippen molar-refractivity contribution < 1.29 is 4.92 Å². The van der Waals surface area contributed by atoms with Crippen molar-refractivity contribution in [2.45, 2.75) is 49.4 Å². The van der Waals surface area contributed by atoms with Crippen molar-refractivity contribution in [1.29, 1.82) is 0 Å². The second-order valence-corrected chi connectivity index (χ2v) is 6.91. The van der Waals surface area contributed by atoms with Gasteiger partial charge >= 0.3 is 0 Å². The van der Waals surface area contributed by atoms with Gasteiger partial charge in [-0.3, -0.25) is 15.2 Å². The predicted octanol–water partition coefficient (Wildman–Crippen LogP) is 4.13. The van der Waals surface area contributed by atoms with Crippen LogP contribution in [0.4, 0.5) is 5.69 Å². The van der Waals surface area contributed by atoms with E-state index in [9.17, 15) is 10.1 Å². The summed E-state index contributed by atoms with van der Waals surface area (Å²) < 4.78 is 0. The van der Waals surface area contributed by atoms with E-state index >= 15 is 0 Å². The Morgan fingerprint density at radius 1 is 1.35 bits per heavy atom. The lowest BCUT2D eigenvalue weighted by molar-refractivity contribution is -0.384. The molecule has 1 N–H and O–H groups in total. The first-order chi connectivity index (χ1) is 11.2. The molecule has 2 aromatic rings. The van der Waals surface area contributed by atoms with Gasteiger partial charge in [-0.1, -0.05) is 49.6 Å². The molecule has 0 aliphatic heterocycles. The SMILES string of the molecule is O=[N+]([O-])c1cccc(CSc2n[nH]c(CCC3CCCC3)n2)c1. The standard InChI is InChI=1S/C16H20N4O2S/c21-20(22)14-7-3-6-13(10-14)11-23-16-17-15(18-19-16)9-8-12-4-1-2-5-12/h3,6-7,10,12H,1-2,4-5,8-9,11H2,(H,17,18,19). The van der Waals surface area contributed by atoms with Gasteiger partial charge in [-0.2, -0.15) is 0 Å². The lowest BCUT2D eigenvalue weighted by Crippen LogP contribution is -1.97. The minimum atomic E-state index is -0.373. The normalized spacial score (nSPS) is 15.1. The van der Waals surface area contributed by atoms with Crippen LogP contribution in [0, 0.1) is 16.0 Å². The van der Waals surface area contributed by atoms with Crippen molar-refractivity contribution in [1.82, 2.24) is 15.2 Å². The summed E-state index contributed by atoms with van der Waals surface area (Å²) in [4.78, 5) is 14.9. The lowest BCUT2D eigenvalue weighted by Gasteiger charge is -2.05. The van der Waals surface area contributed by atoms with Crippen molar-refractivity contribution in [2.75, 3.05) is 0 Å². The molecule has 0 spiro atoms. The quantitative estimate of drug-likeness (QED) is 0.468. The molecule has 1 saturated carbocycles. The van der Waals surface area contributed by atoms with Gasteiger partial charge < -0.3 is 0 Å². The molecule has 122 valence electrons. The average molecular weight is 332 g/mol. The number of nitro groups is 1. The number of non-ortho nitro benzene ring substituents is 1. The van der Waals surface area contributed by atoms with E-state index in [1.165, 1.54) is 49.9 Å². The van der Waals surface area contributed by atoms with Crippen LogP contribution in [0.1, 0.15) is 43.5 Å². The number of aromatic nitrogens is 3. The van der Waals surface area contributed by atoms with Crippen molar-refractivity contribution in [3.63, 3.8) is 0 Å². The van der Waals surface area contributed by atoms with Crippen LogP contribution in [0.15, 0.2) is 29.4 Å². The molecule has 0 bridgehead atoms. The second-order valence-electron chi connectivity index (χ2n) is 5.97. The molecule has 0 saturated heterocycles. The highest BCUT2D eigenvalue weighted by atomic mass is 32.2. The van der Waals surface area contributed by atoms with Crippen LogP contribution in [0.2, 0.25) is 0 Å². The van der Waals surface area contributed by atoms with Crippen molar-refractivity contribution in [2.24, 2.45) is 5.92 Å². The third-order valence-electron chi connectivity index (χ3n) is 4.26. The summed E-state index contributed by atoms with van der Waals surface area (Å²) >= 11 is 1.50. The largest absolute Gasteiger partial charge is 0.269 e. The average Bonchev–Trinajstić information content (AvgIpc) is 3.23. The molecule has 1 heterocycles. The Balaban J connectivity index is 1.50. The maximum atomic E-state index is 10.8. The van der Waals surface area contributed by atoms with Gasteiger partial charge in [-0.25, -0.2) is 4.98 Å². The van der Waals surface area contributed by atoms with Gasteiger partial charge in [-0.05, 0) is 17.9 Å². The van der Waals surface area contributed by atoms with Crippen LogP contribution < -0.4 is 0 Å². The summed E-state index contributed by atoms with van der Waals surface area (Å²) in [5.41, 5.74) is 1.02. The summed E-state index contributed by atoms with van der Waals surface area (Å²) in [5, 5.41) is 18.7. The molecular weight excluding hydrogens is 312 g/mol.